The predicted octanol–water partition coefficient (Wildman–Crippen LogP) is 2.25. The molecule has 0 radical (unpaired) electrons. The third-order valence-electron chi connectivity index (χ3n) is 4.36. The van der Waals surface area contributed by atoms with Crippen molar-refractivity contribution >= 4 is 15.9 Å². The van der Waals surface area contributed by atoms with Crippen LogP contribution in [0.2, 0.25) is 0 Å². The van der Waals surface area contributed by atoms with Gasteiger partial charge >= 0.3 is 0 Å². The van der Waals surface area contributed by atoms with Crippen LogP contribution in [-0.2, 0) is 14.8 Å². The maximum Gasteiger partial charge on any atom is 0.241 e. The number of rotatable bonds is 5. The molecule has 1 unspecified atom stereocenters. The highest BCUT2D eigenvalue weighted by Gasteiger charge is 2.32. The molecule has 1 saturated heterocycles. The van der Waals surface area contributed by atoms with Gasteiger partial charge in [0.1, 0.15) is 6.04 Å². The number of hydrogen-bond donors (Lipinski definition) is 1. The fourth-order valence-electron chi connectivity index (χ4n) is 2.73. The summed E-state index contributed by atoms with van der Waals surface area (Å²) in [4.78, 5) is 14.7. The first-order valence-corrected chi connectivity index (χ1v) is 9.65. The van der Waals surface area contributed by atoms with Crippen molar-refractivity contribution in [1.82, 2.24) is 9.62 Å². The van der Waals surface area contributed by atoms with Gasteiger partial charge in [-0.2, -0.15) is 4.72 Å². The van der Waals surface area contributed by atoms with Crippen LogP contribution in [0.15, 0.2) is 35.2 Å². The van der Waals surface area contributed by atoms with E-state index in [0.717, 1.165) is 12.8 Å². The summed E-state index contributed by atoms with van der Waals surface area (Å²) in [5.74, 6) is 0.393. The van der Waals surface area contributed by atoms with Gasteiger partial charge in [0.15, 0.2) is 0 Å². The van der Waals surface area contributed by atoms with Gasteiger partial charge in [-0.25, -0.2) is 8.42 Å². The molecule has 0 aromatic heterocycles. The smallest absolute Gasteiger partial charge is 0.241 e. The van der Waals surface area contributed by atoms with Crippen LogP contribution in [0.25, 0.3) is 0 Å². The first-order valence-electron chi connectivity index (χ1n) is 8.17. The Morgan fingerprint density at radius 3 is 2.26 bits per heavy atom. The number of benzene rings is 1. The molecule has 1 fully saturated rings. The minimum atomic E-state index is -3.70. The van der Waals surface area contributed by atoms with Crippen molar-refractivity contribution in [2.24, 2.45) is 11.8 Å². The highest BCUT2D eigenvalue weighted by Crippen LogP contribution is 2.19. The Labute approximate surface area is 139 Å². The number of carbonyl (C=O) groups is 1. The first-order chi connectivity index (χ1) is 10.8. The number of nitrogens with zero attached hydrogens (tertiary/aromatic N) is 1. The van der Waals surface area contributed by atoms with Gasteiger partial charge in [-0.3, -0.25) is 4.79 Å². The molecule has 23 heavy (non-hydrogen) atoms. The second-order valence-corrected chi connectivity index (χ2v) is 8.38. The van der Waals surface area contributed by atoms with Gasteiger partial charge in [0.05, 0.1) is 4.90 Å². The highest BCUT2D eigenvalue weighted by molar-refractivity contribution is 7.89. The van der Waals surface area contributed by atoms with Gasteiger partial charge in [0, 0.05) is 13.1 Å². The predicted molar refractivity (Wildman–Crippen MR) is 90.4 cm³/mol. The Morgan fingerprint density at radius 2 is 1.74 bits per heavy atom. The van der Waals surface area contributed by atoms with Gasteiger partial charge in [-0.15, -0.1) is 0 Å². The Bertz CT molecular complexity index is 620. The SMILES string of the molecule is CC1CCN(C(=O)C(NS(=O)(=O)c2ccccc2)C(C)C)CC1. The van der Waals surface area contributed by atoms with E-state index in [1.807, 2.05) is 13.8 Å². The number of piperidine rings is 1. The number of nitrogens with one attached hydrogen (secondary N) is 1. The quantitative estimate of drug-likeness (QED) is 0.895. The molecule has 0 bridgehead atoms. The van der Waals surface area contributed by atoms with Gasteiger partial charge in [0.25, 0.3) is 0 Å². The zero-order chi connectivity index (χ0) is 17.0. The topological polar surface area (TPSA) is 66.5 Å². The summed E-state index contributed by atoms with van der Waals surface area (Å²) in [6.45, 7) is 7.32. The summed E-state index contributed by atoms with van der Waals surface area (Å²) in [6, 6.07) is 7.45. The molecule has 2 rings (SSSR count). The van der Waals surface area contributed by atoms with E-state index in [1.54, 1.807) is 23.1 Å². The maximum absolute atomic E-state index is 12.8. The van der Waals surface area contributed by atoms with Crippen LogP contribution in [0.1, 0.15) is 33.6 Å². The van der Waals surface area contributed by atoms with Gasteiger partial charge in [-0.05, 0) is 36.8 Å². The molecular weight excluding hydrogens is 312 g/mol. The molecule has 1 N–H and O–H groups in total. The van der Waals surface area contributed by atoms with Crippen LogP contribution in [0.4, 0.5) is 0 Å². The number of amides is 1. The molecular formula is C17H26N2O3S. The number of carbonyl (C=O) groups excluding carboxylic acids is 1. The minimum absolute atomic E-state index is 0.111. The summed E-state index contributed by atoms with van der Waals surface area (Å²) < 4.78 is 27.6. The standard InChI is InChI=1S/C17H26N2O3S/c1-13(2)16(17(20)19-11-9-14(3)10-12-19)18-23(21,22)15-7-5-4-6-8-15/h4-8,13-14,16,18H,9-12H2,1-3H3. The maximum atomic E-state index is 12.8. The molecule has 1 amide bonds. The van der Waals surface area contributed by atoms with E-state index < -0.39 is 16.1 Å². The summed E-state index contributed by atoms with van der Waals surface area (Å²) in [6.07, 6.45) is 1.95. The fourth-order valence-corrected chi connectivity index (χ4v) is 4.09. The van der Waals surface area contributed by atoms with Crippen molar-refractivity contribution in [3.63, 3.8) is 0 Å². The van der Waals surface area contributed by atoms with E-state index in [0.29, 0.717) is 19.0 Å². The summed E-state index contributed by atoms with van der Waals surface area (Å²) in [7, 11) is -3.70. The number of hydrogen-bond acceptors (Lipinski definition) is 3. The first kappa shape index (κ1) is 17.9. The molecule has 6 heteroatoms. The lowest BCUT2D eigenvalue weighted by Gasteiger charge is -2.34. The molecule has 0 saturated carbocycles. The molecule has 1 aliphatic rings. The van der Waals surface area contributed by atoms with E-state index in [2.05, 4.69) is 11.6 Å². The van der Waals surface area contributed by atoms with Crippen molar-refractivity contribution in [3.05, 3.63) is 30.3 Å². The zero-order valence-electron chi connectivity index (χ0n) is 14.0. The molecule has 1 aromatic carbocycles. The van der Waals surface area contributed by atoms with Crippen molar-refractivity contribution in [1.29, 1.82) is 0 Å². The van der Waals surface area contributed by atoms with Crippen LogP contribution in [-0.4, -0.2) is 38.4 Å². The third-order valence-corrected chi connectivity index (χ3v) is 5.82. The minimum Gasteiger partial charge on any atom is -0.341 e. The van der Waals surface area contributed by atoms with Gasteiger partial charge < -0.3 is 4.90 Å². The zero-order valence-corrected chi connectivity index (χ0v) is 14.8. The molecule has 1 aliphatic heterocycles. The highest BCUT2D eigenvalue weighted by atomic mass is 32.2. The largest absolute Gasteiger partial charge is 0.341 e. The summed E-state index contributed by atoms with van der Waals surface area (Å²) in [5.41, 5.74) is 0. The summed E-state index contributed by atoms with van der Waals surface area (Å²) >= 11 is 0. The lowest BCUT2D eigenvalue weighted by Crippen LogP contribution is -2.52. The van der Waals surface area contributed by atoms with E-state index in [-0.39, 0.29) is 16.7 Å². The second kappa shape index (κ2) is 7.45. The van der Waals surface area contributed by atoms with E-state index >= 15 is 0 Å². The Morgan fingerprint density at radius 1 is 1.17 bits per heavy atom. The average Bonchev–Trinajstić information content (AvgIpc) is 2.53. The lowest BCUT2D eigenvalue weighted by molar-refractivity contribution is -0.135. The van der Waals surface area contributed by atoms with Crippen LogP contribution in [0, 0.1) is 11.8 Å². The van der Waals surface area contributed by atoms with Crippen molar-refractivity contribution in [2.45, 2.75) is 44.6 Å². The van der Waals surface area contributed by atoms with Crippen LogP contribution < -0.4 is 4.72 Å². The Balaban J connectivity index is 2.14. The average molecular weight is 338 g/mol. The normalized spacial score (nSPS) is 18.2. The molecule has 0 aliphatic carbocycles. The second-order valence-electron chi connectivity index (χ2n) is 6.66. The van der Waals surface area contributed by atoms with E-state index in [1.165, 1.54) is 12.1 Å². The van der Waals surface area contributed by atoms with Gasteiger partial charge in [-0.1, -0.05) is 39.0 Å². The molecule has 0 spiro atoms. The third kappa shape index (κ3) is 4.54. The molecule has 1 atom stereocenters. The molecule has 128 valence electrons. The van der Waals surface area contributed by atoms with Crippen molar-refractivity contribution in [2.75, 3.05) is 13.1 Å². The van der Waals surface area contributed by atoms with Crippen molar-refractivity contribution in [3.8, 4) is 0 Å². The van der Waals surface area contributed by atoms with E-state index in [9.17, 15) is 13.2 Å². The van der Waals surface area contributed by atoms with Gasteiger partial charge in [0.2, 0.25) is 15.9 Å². The van der Waals surface area contributed by atoms with E-state index in [4.69, 9.17) is 0 Å². The molecule has 5 nitrogen and oxygen atoms in total. The Hall–Kier alpha value is -1.40. The van der Waals surface area contributed by atoms with Crippen LogP contribution in [0.3, 0.4) is 0 Å². The fraction of sp³-hybridized carbons (Fsp3) is 0.588. The summed E-state index contributed by atoms with van der Waals surface area (Å²) in [5, 5.41) is 0. The molecule has 1 aromatic rings. The lowest BCUT2D eigenvalue weighted by atomic mass is 9.97. The molecule has 1 heterocycles. The Kier molecular flexibility index (Phi) is 5.81. The monoisotopic (exact) mass is 338 g/mol. The van der Waals surface area contributed by atoms with Crippen LogP contribution in [0.5, 0.6) is 0 Å². The van der Waals surface area contributed by atoms with Crippen molar-refractivity contribution < 1.29 is 13.2 Å². The number of likely N-dealkylation sites (tertiary alicyclic amines) is 1. The van der Waals surface area contributed by atoms with Crippen LogP contribution >= 0.6 is 0 Å². The number of sulfonamides is 1.